The maximum absolute atomic E-state index is 9.52. The minimum absolute atomic E-state index is 0.448. The SMILES string of the molecule is CCCCc1c(C)cccc1O.c1cc(Cc2cccc3[nH]nnc23)c2nn[nH]c2c1. The van der Waals surface area contributed by atoms with Crippen LogP contribution in [0.2, 0.25) is 0 Å². The van der Waals surface area contributed by atoms with E-state index in [9.17, 15) is 5.11 Å². The fraction of sp³-hybridized carbons (Fsp3) is 0.250. The van der Waals surface area contributed by atoms with Crippen LogP contribution in [0.1, 0.15) is 42.0 Å². The van der Waals surface area contributed by atoms with Crippen molar-refractivity contribution in [1.29, 1.82) is 0 Å². The van der Waals surface area contributed by atoms with Crippen LogP contribution in [-0.4, -0.2) is 35.9 Å². The van der Waals surface area contributed by atoms with E-state index >= 15 is 0 Å². The second-order valence-electron chi connectivity index (χ2n) is 7.60. The number of nitrogens with one attached hydrogen (secondary N) is 2. The number of fused-ring (bicyclic) bond motifs is 2. The first-order valence-corrected chi connectivity index (χ1v) is 10.5. The standard InChI is InChI=1S/C13H10N6.C11H16O/c1-3-8(12-10(5-1)14-18-16-12)7-9-4-2-6-11-13(9)17-19-15-11;1-3-4-7-10-9(2)6-5-8-11(10)12/h1-6H,7H2,(H,14,16,18)(H,15,17,19);5-6,8,12H,3-4,7H2,1-2H3. The number of aromatic nitrogens is 6. The van der Waals surface area contributed by atoms with Gasteiger partial charge in [-0.2, -0.15) is 0 Å². The van der Waals surface area contributed by atoms with E-state index in [0.717, 1.165) is 58.0 Å². The van der Waals surface area contributed by atoms with Crippen LogP contribution in [0.15, 0.2) is 54.6 Å². The quantitative estimate of drug-likeness (QED) is 0.381. The molecule has 0 spiro atoms. The molecule has 0 atom stereocenters. The second kappa shape index (κ2) is 9.38. The van der Waals surface area contributed by atoms with Crippen LogP contribution >= 0.6 is 0 Å². The first-order valence-electron chi connectivity index (χ1n) is 10.5. The van der Waals surface area contributed by atoms with E-state index in [2.05, 4.69) is 49.9 Å². The van der Waals surface area contributed by atoms with Crippen LogP contribution in [0.5, 0.6) is 5.75 Å². The summed E-state index contributed by atoms with van der Waals surface area (Å²) in [5.41, 5.74) is 8.27. The van der Waals surface area contributed by atoms with Crippen molar-refractivity contribution in [3.63, 3.8) is 0 Å². The third-order valence-corrected chi connectivity index (χ3v) is 5.43. The van der Waals surface area contributed by atoms with Crippen LogP contribution in [0.25, 0.3) is 22.1 Å². The minimum atomic E-state index is 0.448. The van der Waals surface area contributed by atoms with E-state index in [-0.39, 0.29) is 0 Å². The molecule has 0 aliphatic carbocycles. The van der Waals surface area contributed by atoms with Gasteiger partial charge < -0.3 is 5.11 Å². The van der Waals surface area contributed by atoms with Crippen molar-refractivity contribution >= 4 is 22.1 Å². The van der Waals surface area contributed by atoms with Crippen molar-refractivity contribution < 1.29 is 5.11 Å². The zero-order valence-electron chi connectivity index (χ0n) is 17.8. The van der Waals surface area contributed by atoms with Crippen LogP contribution in [0, 0.1) is 6.92 Å². The van der Waals surface area contributed by atoms with Gasteiger partial charge in [0.2, 0.25) is 0 Å². The lowest BCUT2D eigenvalue weighted by Crippen LogP contribution is -1.91. The van der Waals surface area contributed by atoms with Gasteiger partial charge in [-0.05, 0) is 60.2 Å². The molecule has 0 aliphatic rings. The molecule has 3 N–H and O–H groups in total. The second-order valence-corrected chi connectivity index (χ2v) is 7.60. The Morgan fingerprint density at radius 3 is 1.94 bits per heavy atom. The number of unbranched alkanes of at least 4 members (excludes halogenated alkanes) is 1. The number of aromatic amines is 2. The van der Waals surface area contributed by atoms with E-state index in [4.69, 9.17) is 0 Å². The predicted octanol–water partition coefficient (Wildman–Crippen LogP) is 4.86. The van der Waals surface area contributed by atoms with Gasteiger partial charge in [0.15, 0.2) is 0 Å². The Labute approximate surface area is 180 Å². The first-order chi connectivity index (χ1) is 15.2. The summed E-state index contributed by atoms with van der Waals surface area (Å²) in [7, 11) is 0. The van der Waals surface area contributed by atoms with E-state index in [1.165, 1.54) is 12.0 Å². The number of aromatic hydroxyl groups is 1. The van der Waals surface area contributed by atoms with Crippen molar-refractivity contribution in [3.8, 4) is 5.75 Å². The molecule has 7 heteroatoms. The van der Waals surface area contributed by atoms with E-state index < -0.39 is 0 Å². The van der Waals surface area contributed by atoms with Gasteiger partial charge in [-0.1, -0.05) is 60.2 Å². The number of phenols is 1. The lowest BCUT2D eigenvalue weighted by atomic mass is 10.0. The number of benzene rings is 3. The van der Waals surface area contributed by atoms with Gasteiger partial charge in [0, 0.05) is 6.42 Å². The van der Waals surface area contributed by atoms with E-state index in [1.807, 2.05) is 43.3 Å². The number of hydrogen-bond donors (Lipinski definition) is 3. The molecule has 0 amide bonds. The highest BCUT2D eigenvalue weighted by Gasteiger charge is 2.09. The third kappa shape index (κ3) is 4.55. The predicted molar refractivity (Wildman–Crippen MR) is 122 cm³/mol. The molecular formula is C24H26N6O. The molecule has 0 aliphatic heterocycles. The lowest BCUT2D eigenvalue weighted by Gasteiger charge is -2.06. The molecule has 5 aromatic rings. The number of phenolic OH excluding ortho intramolecular Hbond substituents is 1. The summed E-state index contributed by atoms with van der Waals surface area (Å²) < 4.78 is 0. The molecule has 0 bridgehead atoms. The summed E-state index contributed by atoms with van der Waals surface area (Å²) in [5, 5.41) is 31.2. The maximum atomic E-state index is 9.52. The monoisotopic (exact) mass is 414 g/mol. The highest BCUT2D eigenvalue weighted by atomic mass is 16.3. The molecule has 0 saturated heterocycles. The van der Waals surface area contributed by atoms with E-state index in [0.29, 0.717) is 5.75 Å². The van der Waals surface area contributed by atoms with Crippen LogP contribution in [0.4, 0.5) is 0 Å². The molecule has 0 fully saturated rings. The fourth-order valence-corrected chi connectivity index (χ4v) is 3.71. The van der Waals surface area contributed by atoms with Gasteiger partial charge in [0.1, 0.15) is 16.8 Å². The topological polar surface area (TPSA) is 103 Å². The van der Waals surface area contributed by atoms with Gasteiger partial charge in [0.05, 0.1) is 11.0 Å². The Morgan fingerprint density at radius 2 is 1.39 bits per heavy atom. The molecule has 0 unspecified atom stereocenters. The Morgan fingerprint density at radius 1 is 0.806 bits per heavy atom. The smallest absolute Gasteiger partial charge is 0.119 e. The Bertz CT molecular complexity index is 1200. The molecule has 3 aromatic carbocycles. The molecule has 31 heavy (non-hydrogen) atoms. The average Bonchev–Trinajstić information content (AvgIpc) is 3.44. The summed E-state index contributed by atoms with van der Waals surface area (Å²) in [5.74, 6) is 0.448. The highest BCUT2D eigenvalue weighted by molar-refractivity contribution is 5.81. The summed E-state index contributed by atoms with van der Waals surface area (Å²) in [4.78, 5) is 0. The summed E-state index contributed by atoms with van der Waals surface area (Å²) in [6.45, 7) is 4.21. The normalized spacial score (nSPS) is 10.9. The average molecular weight is 415 g/mol. The molecule has 2 heterocycles. The number of rotatable bonds is 5. The molecule has 7 nitrogen and oxygen atoms in total. The minimum Gasteiger partial charge on any atom is -0.508 e. The molecule has 2 aromatic heterocycles. The van der Waals surface area contributed by atoms with Crippen molar-refractivity contribution in [1.82, 2.24) is 30.8 Å². The van der Waals surface area contributed by atoms with Crippen LogP contribution in [-0.2, 0) is 12.8 Å². The van der Waals surface area contributed by atoms with Gasteiger partial charge >= 0.3 is 0 Å². The molecule has 0 saturated carbocycles. The van der Waals surface area contributed by atoms with Crippen molar-refractivity contribution in [2.45, 2.75) is 39.5 Å². The van der Waals surface area contributed by atoms with Crippen molar-refractivity contribution in [2.24, 2.45) is 0 Å². The van der Waals surface area contributed by atoms with Crippen molar-refractivity contribution in [2.75, 3.05) is 0 Å². The fourth-order valence-electron chi connectivity index (χ4n) is 3.71. The van der Waals surface area contributed by atoms with Crippen LogP contribution < -0.4 is 0 Å². The molecule has 158 valence electrons. The zero-order valence-corrected chi connectivity index (χ0v) is 17.8. The van der Waals surface area contributed by atoms with E-state index in [1.54, 1.807) is 6.07 Å². The summed E-state index contributed by atoms with van der Waals surface area (Å²) in [6.07, 6.45) is 4.08. The Kier molecular flexibility index (Phi) is 6.21. The van der Waals surface area contributed by atoms with Gasteiger partial charge in [0.25, 0.3) is 0 Å². The highest BCUT2D eigenvalue weighted by Crippen LogP contribution is 2.22. The van der Waals surface area contributed by atoms with Crippen molar-refractivity contribution in [3.05, 3.63) is 76.9 Å². The Balaban J connectivity index is 0.000000168. The number of aryl methyl sites for hydroxylation is 1. The third-order valence-electron chi connectivity index (χ3n) is 5.43. The number of nitrogens with zero attached hydrogens (tertiary/aromatic N) is 4. The van der Waals surface area contributed by atoms with Crippen LogP contribution in [0.3, 0.4) is 0 Å². The number of hydrogen-bond acceptors (Lipinski definition) is 5. The molecule has 0 radical (unpaired) electrons. The zero-order chi connectivity index (χ0) is 21.6. The van der Waals surface area contributed by atoms with Gasteiger partial charge in [-0.3, -0.25) is 10.2 Å². The molecular weight excluding hydrogens is 388 g/mol. The summed E-state index contributed by atoms with van der Waals surface area (Å²) >= 11 is 0. The molecule has 5 rings (SSSR count). The van der Waals surface area contributed by atoms with Gasteiger partial charge in [-0.25, -0.2) is 0 Å². The lowest BCUT2D eigenvalue weighted by molar-refractivity contribution is 0.466. The Hall–Kier alpha value is -3.74. The first kappa shape index (κ1) is 20.5. The largest absolute Gasteiger partial charge is 0.508 e. The van der Waals surface area contributed by atoms with Gasteiger partial charge in [-0.15, -0.1) is 10.2 Å². The summed E-state index contributed by atoms with van der Waals surface area (Å²) in [6, 6.07) is 17.8. The maximum Gasteiger partial charge on any atom is 0.119 e. The number of H-pyrrole nitrogens is 2.